The third kappa shape index (κ3) is 3.40. The highest BCUT2D eigenvalue weighted by molar-refractivity contribution is 7.91. The fourth-order valence-corrected chi connectivity index (χ4v) is 4.57. The van der Waals surface area contributed by atoms with Crippen molar-refractivity contribution < 1.29 is 8.42 Å². The number of aryl methyl sites for hydroxylation is 1. The van der Waals surface area contributed by atoms with E-state index in [1.807, 2.05) is 13.8 Å². The molecule has 2 rings (SSSR count). The highest BCUT2D eigenvalue weighted by Crippen LogP contribution is 2.28. The Bertz CT molecular complexity index is 552. The molecule has 112 valence electrons. The van der Waals surface area contributed by atoms with Crippen LogP contribution in [0.2, 0.25) is 0 Å². The standard InChI is InChI=1S/C15H24N2O2S/c1-11-4-6-14(7-5-11)15(13(3)16)17-8-9-20(18,19)10-12(17)2/h4-7,12-13,15H,8-10,16H2,1-3H3. The molecule has 0 aromatic heterocycles. The Morgan fingerprint density at radius 3 is 2.40 bits per heavy atom. The lowest BCUT2D eigenvalue weighted by Crippen LogP contribution is -2.52. The topological polar surface area (TPSA) is 63.4 Å². The van der Waals surface area contributed by atoms with E-state index in [0.717, 1.165) is 5.56 Å². The Balaban J connectivity index is 2.28. The van der Waals surface area contributed by atoms with E-state index in [-0.39, 0.29) is 29.6 Å². The molecule has 0 spiro atoms. The minimum absolute atomic E-state index is 0.00560. The highest BCUT2D eigenvalue weighted by Gasteiger charge is 2.34. The van der Waals surface area contributed by atoms with Gasteiger partial charge in [0.2, 0.25) is 0 Å². The number of nitrogens with zero attached hydrogens (tertiary/aromatic N) is 1. The highest BCUT2D eigenvalue weighted by atomic mass is 32.2. The molecule has 1 aliphatic rings. The molecule has 20 heavy (non-hydrogen) atoms. The van der Waals surface area contributed by atoms with E-state index < -0.39 is 9.84 Å². The zero-order valence-electron chi connectivity index (χ0n) is 12.4. The molecule has 1 heterocycles. The minimum atomic E-state index is -2.90. The summed E-state index contributed by atoms with van der Waals surface area (Å²) in [5.74, 6) is 0.453. The van der Waals surface area contributed by atoms with Crippen LogP contribution in [0.3, 0.4) is 0 Å². The summed E-state index contributed by atoms with van der Waals surface area (Å²) in [7, 11) is -2.90. The Morgan fingerprint density at radius 1 is 1.30 bits per heavy atom. The maximum Gasteiger partial charge on any atom is 0.153 e. The van der Waals surface area contributed by atoms with Crippen molar-refractivity contribution in [1.82, 2.24) is 4.90 Å². The lowest BCUT2D eigenvalue weighted by Gasteiger charge is -2.41. The number of hydrogen-bond acceptors (Lipinski definition) is 4. The minimum Gasteiger partial charge on any atom is -0.326 e. The first-order chi connectivity index (χ1) is 9.30. The Kier molecular flexibility index (Phi) is 4.52. The number of sulfone groups is 1. The molecule has 1 aliphatic heterocycles. The molecule has 0 amide bonds. The summed E-state index contributed by atoms with van der Waals surface area (Å²) in [5, 5.41) is 0. The summed E-state index contributed by atoms with van der Waals surface area (Å²) in [4.78, 5) is 2.23. The summed E-state index contributed by atoms with van der Waals surface area (Å²) < 4.78 is 23.4. The van der Waals surface area contributed by atoms with Gasteiger partial charge in [-0.2, -0.15) is 0 Å². The number of nitrogens with two attached hydrogens (primary N) is 1. The number of rotatable bonds is 3. The van der Waals surface area contributed by atoms with Gasteiger partial charge in [0.05, 0.1) is 11.5 Å². The van der Waals surface area contributed by atoms with Crippen LogP contribution in [0.5, 0.6) is 0 Å². The average molecular weight is 296 g/mol. The van der Waals surface area contributed by atoms with Crippen LogP contribution in [0, 0.1) is 6.92 Å². The van der Waals surface area contributed by atoms with Gasteiger partial charge in [0.1, 0.15) is 0 Å². The first-order valence-electron chi connectivity index (χ1n) is 7.08. The van der Waals surface area contributed by atoms with Crippen molar-refractivity contribution in [3.8, 4) is 0 Å². The van der Waals surface area contributed by atoms with Gasteiger partial charge in [0.25, 0.3) is 0 Å². The van der Waals surface area contributed by atoms with Crippen molar-refractivity contribution in [2.45, 2.75) is 38.9 Å². The van der Waals surface area contributed by atoms with Crippen molar-refractivity contribution in [2.75, 3.05) is 18.1 Å². The molecule has 1 aromatic rings. The van der Waals surface area contributed by atoms with Gasteiger partial charge < -0.3 is 5.73 Å². The van der Waals surface area contributed by atoms with Crippen LogP contribution in [0.1, 0.15) is 31.0 Å². The second-order valence-corrected chi connectivity index (χ2v) is 8.14. The molecule has 0 bridgehead atoms. The maximum atomic E-state index is 11.7. The van der Waals surface area contributed by atoms with Gasteiger partial charge >= 0.3 is 0 Å². The van der Waals surface area contributed by atoms with Gasteiger partial charge in [-0.1, -0.05) is 29.8 Å². The van der Waals surface area contributed by atoms with Crippen LogP contribution in [0.25, 0.3) is 0 Å². The van der Waals surface area contributed by atoms with E-state index in [4.69, 9.17) is 5.73 Å². The molecular formula is C15H24N2O2S. The predicted molar refractivity (Wildman–Crippen MR) is 82.4 cm³/mol. The van der Waals surface area contributed by atoms with Gasteiger partial charge in [-0.3, -0.25) is 4.90 Å². The van der Waals surface area contributed by atoms with E-state index >= 15 is 0 Å². The van der Waals surface area contributed by atoms with Crippen molar-refractivity contribution >= 4 is 9.84 Å². The third-order valence-corrected chi connectivity index (χ3v) is 5.79. The first kappa shape index (κ1) is 15.5. The van der Waals surface area contributed by atoms with Crippen molar-refractivity contribution in [3.05, 3.63) is 35.4 Å². The van der Waals surface area contributed by atoms with Crippen LogP contribution in [0.4, 0.5) is 0 Å². The molecule has 1 fully saturated rings. The molecule has 2 N–H and O–H groups in total. The summed E-state index contributed by atoms with van der Waals surface area (Å²) in [6.07, 6.45) is 0. The van der Waals surface area contributed by atoms with Crippen molar-refractivity contribution in [1.29, 1.82) is 0 Å². The van der Waals surface area contributed by atoms with Crippen molar-refractivity contribution in [3.63, 3.8) is 0 Å². The van der Waals surface area contributed by atoms with Gasteiger partial charge in [0, 0.05) is 24.7 Å². The summed E-state index contributed by atoms with van der Waals surface area (Å²) in [6, 6.07) is 8.39. The average Bonchev–Trinajstić information content (AvgIpc) is 2.33. The predicted octanol–water partition coefficient (Wildman–Crippen LogP) is 1.50. The molecule has 0 saturated carbocycles. The van der Waals surface area contributed by atoms with E-state index in [1.54, 1.807) is 0 Å². The van der Waals surface area contributed by atoms with Gasteiger partial charge in [-0.05, 0) is 26.3 Å². The smallest absolute Gasteiger partial charge is 0.153 e. The quantitative estimate of drug-likeness (QED) is 0.918. The lowest BCUT2D eigenvalue weighted by molar-refractivity contribution is 0.140. The molecule has 0 radical (unpaired) electrons. The van der Waals surface area contributed by atoms with E-state index in [9.17, 15) is 8.42 Å². The molecular weight excluding hydrogens is 272 g/mol. The normalized spacial score (nSPS) is 26.1. The fraction of sp³-hybridized carbons (Fsp3) is 0.600. The number of hydrogen-bond donors (Lipinski definition) is 1. The maximum absolute atomic E-state index is 11.7. The van der Waals surface area contributed by atoms with Crippen LogP contribution < -0.4 is 5.73 Å². The van der Waals surface area contributed by atoms with E-state index in [0.29, 0.717) is 6.54 Å². The molecule has 3 atom stereocenters. The largest absolute Gasteiger partial charge is 0.326 e. The zero-order chi connectivity index (χ0) is 14.9. The molecule has 4 nitrogen and oxygen atoms in total. The van der Waals surface area contributed by atoms with Gasteiger partial charge in [-0.25, -0.2) is 8.42 Å². The van der Waals surface area contributed by atoms with Crippen LogP contribution in [0.15, 0.2) is 24.3 Å². The summed E-state index contributed by atoms with van der Waals surface area (Å²) in [6.45, 7) is 6.57. The summed E-state index contributed by atoms with van der Waals surface area (Å²) >= 11 is 0. The van der Waals surface area contributed by atoms with E-state index in [1.165, 1.54) is 5.56 Å². The molecule has 3 unspecified atom stereocenters. The van der Waals surface area contributed by atoms with Gasteiger partial charge in [0.15, 0.2) is 9.84 Å². The molecule has 1 aromatic carbocycles. The molecule has 0 aliphatic carbocycles. The fourth-order valence-electron chi connectivity index (χ4n) is 2.99. The Morgan fingerprint density at radius 2 is 1.90 bits per heavy atom. The van der Waals surface area contributed by atoms with Gasteiger partial charge in [-0.15, -0.1) is 0 Å². The second-order valence-electron chi connectivity index (χ2n) is 5.92. The van der Waals surface area contributed by atoms with Crippen LogP contribution in [-0.4, -0.2) is 43.5 Å². The summed E-state index contributed by atoms with van der Waals surface area (Å²) in [5.41, 5.74) is 8.55. The Labute approximate surface area is 121 Å². The molecule has 5 heteroatoms. The third-order valence-electron chi connectivity index (χ3n) is 4.00. The monoisotopic (exact) mass is 296 g/mol. The first-order valence-corrected chi connectivity index (χ1v) is 8.90. The van der Waals surface area contributed by atoms with Crippen LogP contribution in [-0.2, 0) is 9.84 Å². The molecule has 1 saturated heterocycles. The Hall–Kier alpha value is -0.910. The second kappa shape index (κ2) is 5.84. The van der Waals surface area contributed by atoms with Crippen LogP contribution >= 0.6 is 0 Å². The SMILES string of the molecule is Cc1ccc(C(C(C)N)N2CCS(=O)(=O)CC2C)cc1. The lowest BCUT2D eigenvalue weighted by atomic mass is 9.97. The number of benzene rings is 1. The van der Waals surface area contributed by atoms with E-state index in [2.05, 4.69) is 36.1 Å². The van der Waals surface area contributed by atoms with Crippen molar-refractivity contribution in [2.24, 2.45) is 5.73 Å². The zero-order valence-corrected chi connectivity index (χ0v) is 13.2.